The van der Waals surface area contributed by atoms with Crippen molar-refractivity contribution in [2.45, 2.75) is 27.2 Å². The van der Waals surface area contributed by atoms with Gasteiger partial charge in [0.1, 0.15) is 5.82 Å². The van der Waals surface area contributed by atoms with Crippen LogP contribution in [0.2, 0.25) is 0 Å². The summed E-state index contributed by atoms with van der Waals surface area (Å²) in [4.78, 5) is 14.9. The predicted molar refractivity (Wildman–Crippen MR) is 52.7 cm³/mol. The zero-order valence-corrected chi connectivity index (χ0v) is 8.22. The lowest BCUT2D eigenvalue weighted by Crippen LogP contribution is -2.04. The topological polar surface area (TPSA) is 42.0 Å². The van der Waals surface area contributed by atoms with Crippen molar-refractivity contribution in [3.05, 3.63) is 23.4 Å². The van der Waals surface area contributed by atoms with Gasteiger partial charge in [-0.05, 0) is 18.6 Å². The highest BCUT2D eigenvalue weighted by Gasteiger charge is 2.19. The van der Waals surface area contributed by atoms with Crippen molar-refractivity contribution in [2.75, 3.05) is 5.32 Å². The van der Waals surface area contributed by atoms with Crippen molar-refractivity contribution >= 4 is 11.7 Å². The van der Waals surface area contributed by atoms with Gasteiger partial charge >= 0.3 is 0 Å². The van der Waals surface area contributed by atoms with Crippen LogP contribution in [0.3, 0.4) is 0 Å². The second-order valence-corrected chi connectivity index (χ2v) is 2.68. The van der Waals surface area contributed by atoms with Crippen LogP contribution in [0.15, 0.2) is 12.3 Å². The van der Waals surface area contributed by atoms with Crippen molar-refractivity contribution < 1.29 is 4.79 Å². The molecule has 0 radical (unpaired) electrons. The molecule has 0 aliphatic carbocycles. The number of aryl methyl sites for hydroxylation is 1. The third-order valence-corrected chi connectivity index (χ3v) is 1.89. The minimum atomic E-state index is 0.0433. The smallest absolute Gasteiger partial charge is 0.230 e. The van der Waals surface area contributed by atoms with Crippen LogP contribution in [0.5, 0.6) is 0 Å². The van der Waals surface area contributed by atoms with Crippen LogP contribution in [-0.2, 0) is 11.2 Å². The van der Waals surface area contributed by atoms with Gasteiger partial charge in [0, 0.05) is 11.8 Å². The predicted octanol–water partition coefficient (Wildman–Crippen LogP) is 1.91. The van der Waals surface area contributed by atoms with E-state index >= 15 is 0 Å². The Kier molecular flexibility index (Phi) is 3.01. The largest absolute Gasteiger partial charge is 0.310 e. The number of anilines is 1. The number of rotatable bonds is 0. The van der Waals surface area contributed by atoms with E-state index in [-0.39, 0.29) is 5.91 Å². The third-order valence-electron chi connectivity index (χ3n) is 1.89. The molecule has 1 aliphatic rings. The Morgan fingerprint density at radius 1 is 1.46 bits per heavy atom. The molecule has 70 valence electrons. The Hall–Kier alpha value is -1.38. The fourth-order valence-corrected chi connectivity index (χ4v) is 1.26. The summed E-state index contributed by atoms with van der Waals surface area (Å²) >= 11 is 0. The van der Waals surface area contributed by atoms with Crippen LogP contribution < -0.4 is 5.32 Å². The van der Waals surface area contributed by atoms with Crippen molar-refractivity contribution in [1.82, 2.24) is 4.98 Å². The molecule has 0 saturated heterocycles. The number of carbonyl (C=O) groups excluding carboxylic acids is 1. The fourth-order valence-electron chi connectivity index (χ4n) is 1.26. The van der Waals surface area contributed by atoms with Gasteiger partial charge < -0.3 is 5.32 Å². The Bertz CT molecular complexity index is 321. The molecule has 1 aromatic heterocycles. The average Bonchev–Trinajstić information content (AvgIpc) is 2.51. The molecule has 2 rings (SSSR count). The molecule has 1 aliphatic heterocycles. The van der Waals surface area contributed by atoms with Gasteiger partial charge in [0.25, 0.3) is 0 Å². The SMILES string of the molecule is CC.Cc1ccnc2c1CC(=O)N2. The first kappa shape index (κ1) is 9.71. The molecule has 0 saturated carbocycles. The molecule has 0 bridgehead atoms. The number of hydrogen-bond donors (Lipinski definition) is 1. The van der Waals surface area contributed by atoms with Gasteiger partial charge in [0.2, 0.25) is 5.91 Å². The maximum absolute atomic E-state index is 10.9. The second kappa shape index (κ2) is 4.03. The minimum absolute atomic E-state index is 0.0433. The summed E-state index contributed by atoms with van der Waals surface area (Å²) in [6.07, 6.45) is 2.19. The lowest BCUT2D eigenvalue weighted by atomic mass is 10.1. The minimum Gasteiger partial charge on any atom is -0.310 e. The Morgan fingerprint density at radius 3 is 2.77 bits per heavy atom. The first-order chi connectivity index (χ1) is 6.27. The number of carbonyl (C=O) groups is 1. The van der Waals surface area contributed by atoms with Crippen molar-refractivity contribution in [2.24, 2.45) is 0 Å². The number of fused-ring (bicyclic) bond motifs is 1. The van der Waals surface area contributed by atoms with Crippen LogP contribution in [-0.4, -0.2) is 10.9 Å². The van der Waals surface area contributed by atoms with E-state index in [1.807, 2.05) is 26.8 Å². The molecule has 3 heteroatoms. The molecule has 0 atom stereocenters. The number of pyridine rings is 1. The first-order valence-electron chi connectivity index (χ1n) is 4.52. The summed E-state index contributed by atoms with van der Waals surface area (Å²) in [7, 11) is 0. The monoisotopic (exact) mass is 178 g/mol. The van der Waals surface area contributed by atoms with Crippen LogP contribution in [0.25, 0.3) is 0 Å². The first-order valence-corrected chi connectivity index (χ1v) is 4.52. The summed E-state index contributed by atoms with van der Waals surface area (Å²) < 4.78 is 0. The molecule has 13 heavy (non-hydrogen) atoms. The number of nitrogens with one attached hydrogen (secondary N) is 1. The second-order valence-electron chi connectivity index (χ2n) is 2.68. The van der Waals surface area contributed by atoms with E-state index in [2.05, 4.69) is 10.3 Å². The lowest BCUT2D eigenvalue weighted by molar-refractivity contribution is -0.115. The molecule has 0 spiro atoms. The van der Waals surface area contributed by atoms with Crippen LogP contribution in [0, 0.1) is 6.92 Å². The normalized spacial score (nSPS) is 12.7. The van der Waals surface area contributed by atoms with Crippen LogP contribution in [0.4, 0.5) is 5.82 Å². The van der Waals surface area contributed by atoms with E-state index in [9.17, 15) is 4.79 Å². The number of amides is 1. The molecular weight excluding hydrogens is 164 g/mol. The van der Waals surface area contributed by atoms with Crippen molar-refractivity contribution in [1.29, 1.82) is 0 Å². The number of hydrogen-bond acceptors (Lipinski definition) is 2. The third kappa shape index (κ3) is 1.86. The van der Waals surface area contributed by atoms with Gasteiger partial charge in [-0.2, -0.15) is 0 Å². The van der Waals surface area contributed by atoms with Gasteiger partial charge in [-0.15, -0.1) is 0 Å². The van der Waals surface area contributed by atoms with E-state index in [1.54, 1.807) is 6.20 Å². The van der Waals surface area contributed by atoms with E-state index in [1.165, 1.54) is 0 Å². The van der Waals surface area contributed by atoms with Crippen LogP contribution in [0.1, 0.15) is 25.0 Å². The van der Waals surface area contributed by atoms with E-state index in [0.29, 0.717) is 6.42 Å². The maximum Gasteiger partial charge on any atom is 0.230 e. The zero-order chi connectivity index (χ0) is 9.84. The molecule has 0 fully saturated rings. The Morgan fingerprint density at radius 2 is 2.15 bits per heavy atom. The highest BCUT2D eigenvalue weighted by molar-refractivity contribution is 5.98. The molecule has 1 aromatic rings. The highest BCUT2D eigenvalue weighted by Crippen LogP contribution is 2.22. The van der Waals surface area contributed by atoms with Crippen LogP contribution >= 0.6 is 0 Å². The van der Waals surface area contributed by atoms with Gasteiger partial charge in [-0.25, -0.2) is 4.98 Å². The maximum atomic E-state index is 10.9. The number of aromatic nitrogens is 1. The van der Waals surface area contributed by atoms with E-state index in [4.69, 9.17) is 0 Å². The van der Waals surface area contributed by atoms with Gasteiger partial charge in [0.15, 0.2) is 0 Å². The Balaban J connectivity index is 0.000000396. The molecular formula is C10H14N2O. The number of nitrogens with zero attached hydrogens (tertiary/aromatic N) is 1. The van der Waals surface area contributed by atoms with E-state index < -0.39 is 0 Å². The molecule has 0 aromatic carbocycles. The summed E-state index contributed by atoms with van der Waals surface area (Å²) in [6, 6.07) is 1.92. The summed E-state index contributed by atoms with van der Waals surface area (Å²) in [6.45, 7) is 5.99. The van der Waals surface area contributed by atoms with Gasteiger partial charge in [0.05, 0.1) is 6.42 Å². The van der Waals surface area contributed by atoms with E-state index in [0.717, 1.165) is 16.9 Å². The summed E-state index contributed by atoms with van der Waals surface area (Å²) in [5.41, 5.74) is 2.17. The summed E-state index contributed by atoms with van der Waals surface area (Å²) in [5, 5.41) is 2.69. The van der Waals surface area contributed by atoms with Gasteiger partial charge in [-0.1, -0.05) is 13.8 Å². The lowest BCUT2D eigenvalue weighted by Gasteiger charge is -1.98. The van der Waals surface area contributed by atoms with Crippen molar-refractivity contribution in [3.63, 3.8) is 0 Å². The quantitative estimate of drug-likeness (QED) is 0.659. The molecule has 0 unspecified atom stereocenters. The zero-order valence-electron chi connectivity index (χ0n) is 8.22. The van der Waals surface area contributed by atoms with Crippen molar-refractivity contribution in [3.8, 4) is 0 Å². The Labute approximate surface area is 78.2 Å². The summed E-state index contributed by atoms with van der Waals surface area (Å²) in [5.74, 6) is 0.775. The molecule has 3 nitrogen and oxygen atoms in total. The standard InChI is InChI=1S/C8H8N2O.C2H6/c1-5-2-3-9-8-6(5)4-7(11)10-8;1-2/h2-3H,4H2,1H3,(H,9,10,11);1-2H3. The highest BCUT2D eigenvalue weighted by atomic mass is 16.1. The molecule has 1 amide bonds. The molecule has 2 heterocycles. The average molecular weight is 178 g/mol. The fraction of sp³-hybridized carbons (Fsp3) is 0.400. The van der Waals surface area contributed by atoms with Gasteiger partial charge in [-0.3, -0.25) is 4.79 Å². The molecule has 1 N–H and O–H groups in total.